The van der Waals surface area contributed by atoms with Gasteiger partial charge in [0.05, 0.1) is 6.54 Å². The van der Waals surface area contributed by atoms with Crippen LogP contribution in [0.1, 0.15) is 31.6 Å². The summed E-state index contributed by atoms with van der Waals surface area (Å²) in [5, 5.41) is 0. The zero-order valence-corrected chi connectivity index (χ0v) is 16.9. The number of hydrogen-bond acceptors (Lipinski definition) is 5. The molecule has 1 atom stereocenters. The molecular formula is C22H27FN2O4. The Balaban J connectivity index is 1.51. The Labute approximate surface area is 169 Å². The second kappa shape index (κ2) is 9.69. The summed E-state index contributed by atoms with van der Waals surface area (Å²) in [6, 6.07) is 7.35. The summed E-state index contributed by atoms with van der Waals surface area (Å²) in [5.74, 6) is 0.638. The molecule has 1 aliphatic heterocycles. The van der Waals surface area contributed by atoms with Crippen molar-refractivity contribution in [2.75, 3.05) is 26.2 Å². The Hall–Kier alpha value is -2.67. The van der Waals surface area contributed by atoms with Crippen LogP contribution in [0, 0.1) is 11.7 Å². The fourth-order valence-electron chi connectivity index (χ4n) is 3.20. The minimum atomic E-state index is -0.317. The molecule has 0 radical (unpaired) electrons. The summed E-state index contributed by atoms with van der Waals surface area (Å²) in [5.41, 5.74) is 0.513. The molecule has 1 aromatic heterocycles. The lowest BCUT2D eigenvalue weighted by atomic mass is 10.1. The van der Waals surface area contributed by atoms with Gasteiger partial charge in [0, 0.05) is 38.2 Å². The number of hydrogen-bond donors (Lipinski definition) is 0. The van der Waals surface area contributed by atoms with Crippen LogP contribution in [0.2, 0.25) is 0 Å². The van der Waals surface area contributed by atoms with Gasteiger partial charge in [-0.25, -0.2) is 4.39 Å². The quantitative estimate of drug-likeness (QED) is 0.712. The van der Waals surface area contributed by atoms with Crippen LogP contribution < -0.4 is 10.2 Å². The summed E-state index contributed by atoms with van der Waals surface area (Å²) in [7, 11) is 0. The second-order valence-electron chi connectivity index (χ2n) is 7.40. The van der Waals surface area contributed by atoms with E-state index in [0.717, 1.165) is 25.1 Å². The highest BCUT2D eigenvalue weighted by atomic mass is 19.1. The van der Waals surface area contributed by atoms with Crippen LogP contribution in [0.15, 0.2) is 45.8 Å². The van der Waals surface area contributed by atoms with E-state index in [1.165, 1.54) is 24.5 Å². The lowest BCUT2D eigenvalue weighted by Gasteiger charge is -2.35. The van der Waals surface area contributed by atoms with Crippen molar-refractivity contribution < 1.29 is 18.3 Å². The molecule has 0 N–H and O–H groups in total. The van der Waals surface area contributed by atoms with Crippen molar-refractivity contribution in [3.63, 3.8) is 0 Å². The number of rotatable bonds is 7. The molecule has 0 saturated carbocycles. The van der Waals surface area contributed by atoms with Gasteiger partial charge < -0.3 is 14.1 Å². The van der Waals surface area contributed by atoms with Gasteiger partial charge in [0.1, 0.15) is 24.4 Å². The summed E-state index contributed by atoms with van der Waals surface area (Å²) < 4.78 is 24.0. The normalized spacial score (nSPS) is 15.9. The molecule has 0 aliphatic carbocycles. The molecule has 2 heterocycles. The number of piperazine rings is 1. The fraction of sp³-hybridized carbons (Fsp3) is 0.455. The first-order valence-corrected chi connectivity index (χ1v) is 9.96. The molecule has 1 saturated heterocycles. The molecule has 0 bridgehead atoms. The van der Waals surface area contributed by atoms with Gasteiger partial charge in [0.15, 0.2) is 0 Å². The van der Waals surface area contributed by atoms with Crippen molar-refractivity contribution in [3.05, 3.63) is 64.0 Å². The summed E-state index contributed by atoms with van der Waals surface area (Å²) in [4.78, 5) is 28.6. The van der Waals surface area contributed by atoms with E-state index in [9.17, 15) is 14.0 Å². The van der Waals surface area contributed by atoms with Crippen LogP contribution in [0.25, 0.3) is 0 Å². The Bertz CT molecular complexity index is 873. The molecule has 3 rings (SSSR count). The lowest BCUT2D eigenvalue weighted by molar-refractivity contribution is -0.136. The Morgan fingerprint density at radius 2 is 1.90 bits per heavy atom. The zero-order chi connectivity index (χ0) is 20.8. The molecule has 29 heavy (non-hydrogen) atoms. The van der Waals surface area contributed by atoms with E-state index >= 15 is 0 Å². The van der Waals surface area contributed by atoms with Gasteiger partial charge in [-0.05, 0) is 24.1 Å². The predicted molar refractivity (Wildman–Crippen MR) is 107 cm³/mol. The number of benzene rings is 1. The largest absolute Gasteiger partial charge is 0.482 e. The van der Waals surface area contributed by atoms with E-state index in [-0.39, 0.29) is 35.4 Å². The van der Waals surface area contributed by atoms with Crippen molar-refractivity contribution in [2.45, 2.75) is 33.4 Å². The minimum absolute atomic E-state index is 0.0574. The van der Waals surface area contributed by atoms with E-state index in [0.29, 0.717) is 25.4 Å². The predicted octanol–water partition coefficient (Wildman–Crippen LogP) is 3.05. The van der Waals surface area contributed by atoms with Gasteiger partial charge in [0.25, 0.3) is 0 Å². The second-order valence-corrected chi connectivity index (χ2v) is 7.40. The van der Waals surface area contributed by atoms with Crippen molar-refractivity contribution >= 4 is 5.91 Å². The maximum Gasteiger partial charge on any atom is 0.227 e. The van der Waals surface area contributed by atoms with Crippen LogP contribution in [-0.4, -0.2) is 41.9 Å². The van der Waals surface area contributed by atoms with E-state index in [2.05, 4.69) is 4.90 Å². The van der Waals surface area contributed by atoms with E-state index in [1.54, 1.807) is 12.1 Å². The summed E-state index contributed by atoms with van der Waals surface area (Å²) in [6.07, 6.45) is 2.17. The molecule has 7 heteroatoms. The standard InChI is InChI=1S/C22H27FN2O4/c1-3-16(2)22(27)25-10-8-24(9-11-25)13-19-12-20(26)21(15-28-19)29-14-17-4-6-18(23)7-5-17/h4-7,12,15-16H,3,8-11,13-14H2,1-2H3/t16-/m0/s1. The molecule has 1 aromatic carbocycles. The van der Waals surface area contributed by atoms with Gasteiger partial charge in [-0.3, -0.25) is 14.5 Å². The number of nitrogens with zero attached hydrogens (tertiary/aromatic N) is 2. The van der Waals surface area contributed by atoms with Crippen LogP contribution >= 0.6 is 0 Å². The van der Waals surface area contributed by atoms with E-state index in [4.69, 9.17) is 9.15 Å². The van der Waals surface area contributed by atoms with Crippen molar-refractivity contribution in [3.8, 4) is 5.75 Å². The minimum Gasteiger partial charge on any atom is -0.482 e. The lowest BCUT2D eigenvalue weighted by Crippen LogP contribution is -2.49. The SMILES string of the molecule is CC[C@H](C)C(=O)N1CCN(Cc2cc(=O)c(OCc3ccc(F)cc3)co2)CC1. The molecule has 1 fully saturated rings. The Kier molecular flexibility index (Phi) is 7.04. The summed E-state index contributed by atoms with van der Waals surface area (Å²) >= 11 is 0. The van der Waals surface area contributed by atoms with Gasteiger partial charge >= 0.3 is 0 Å². The average Bonchev–Trinajstić information content (AvgIpc) is 2.74. The third-order valence-corrected chi connectivity index (χ3v) is 5.26. The monoisotopic (exact) mass is 402 g/mol. The van der Waals surface area contributed by atoms with Crippen LogP contribution in [0.3, 0.4) is 0 Å². The van der Waals surface area contributed by atoms with Crippen molar-refractivity contribution in [2.24, 2.45) is 5.92 Å². The van der Waals surface area contributed by atoms with E-state index < -0.39 is 0 Å². The number of carbonyl (C=O) groups excluding carboxylic acids is 1. The van der Waals surface area contributed by atoms with Gasteiger partial charge in [-0.2, -0.15) is 0 Å². The fourth-order valence-corrected chi connectivity index (χ4v) is 3.20. The summed E-state index contributed by atoms with van der Waals surface area (Å²) in [6.45, 7) is 7.52. The molecule has 1 amide bonds. The highest BCUT2D eigenvalue weighted by molar-refractivity contribution is 5.78. The van der Waals surface area contributed by atoms with Crippen LogP contribution in [0.5, 0.6) is 5.75 Å². The molecule has 2 aromatic rings. The maximum absolute atomic E-state index is 12.9. The first-order chi connectivity index (χ1) is 14.0. The van der Waals surface area contributed by atoms with Crippen LogP contribution in [-0.2, 0) is 17.9 Å². The van der Waals surface area contributed by atoms with Gasteiger partial charge in [-0.15, -0.1) is 0 Å². The van der Waals surface area contributed by atoms with Crippen molar-refractivity contribution in [1.82, 2.24) is 9.80 Å². The van der Waals surface area contributed by atoms with Gasteiger partial charge in [0.2, 0.25) is 17.1 Å². The molecular weight excluding hydrogens is 375 g/mol. The first kappa shape index (κ1) is 21.0. The molecule has 156 valence electrons. The van der Waals surface area contributed by atoms with E-state index in [1.807, 2.05) is 18.7 Å². The third-order valence-electron chi connectivity index (χ3n) is 5.26. The Morgan fingerprint density at radius 1 is 1.21 bits per heavy atom. The number of carbonyl (C=O) groups is 1. The molecule has 6 nitrogen and oxygen atoms in total. The third kappa shape index (κ3) is 5.67. The number of amides is 1. The van der Waals surface area contributed by atoms with Crippen LogP contribution in [0.4, 0.5) is 4.39 Å². The zero-order valence-electron chi connectivity index (χ0n) is 16.9. The highest BCUT2D eigenvalue weighted by Gasteiger charge is 2.24. The smallest absolute Gasteiger partial charge is 0.227 e. The first-order valence-electron chi connectivity index (χ1n) is 9.96. The molecule has 0 unspecified atom stereocenters. The number of ether oxygens (including phenoxy) is 1. The van der Waals surface area contributed by atoms with Crippen molar-refractivity contribution in [1.29, 1.82) is 0 Å². The highest BCUT2D eigenvalue weighted by Crippen LogP contribution is 2.14. The number of halogens is 1. The molecule has 0 spiro atoms. The topological polar surface area (TPSA) is 63.0 Å². The molecule has 1 aliphatic rings. The van der Waals surface area contributed by atoms with Gasteiger partial charge in [-0.1, -0.05) is 26.0 Å². The Morgan fingerprint density at radius 3 is 2.52 bits per heavy atom. The maximum atomic E-state index is 12.9. The average molecular weight is 402 g/mol.